The Hall–Kier alpha value is -2.78. The lowest BCUT2D eigenvalue weighted by molar-refractivity contribution is 0.0802. The molecule has 2 aliphatic carbocycles. The summed E-state index contributed by atoms with van der Waals surface area (Å²) in [5.74, 6) is 0.193. The second kappa shape index (κ2) is 10.3. The first kappa shape index (κ1) is 24.9. The van der Waals surface area contributed by atoms with Crippen LogP contribution in [0.5, 0.6) is 0 Å². The van der Waals surface area contributed by atoms with Crippen LogP contribution in [-0.4, -0.2) is 43.9 Å². The van der Waals surface area contributed by atoms with Crippen molar-refractivity contribution >= 4 is 22.2 Å². The normalized spacial score (nSPS) is 30.9. The molecule has 36 heavy (non-hydrogen) atoms. The van der Waals surface area contributed by atoms with E-state index in [0.717, 1.165) is 42.5 Å². The van der Waals surface area contributed by atoms with Crippen molar-refractivity contribution in [1.29, 1.82) is 0 Å². The van der Waals surface area contributed by atoms with Gasteiger partial charge in [-0.2, -0.15) is 0 Å². The predicted molar refractivity (Wildman–Crippen MR) is 136 cm³/mol. The highest BCUT2D eigenvalue weighted by Gasteiger charge is 2.53. The smallest absolute Gasteiger partial charge is 0.407 e. The van der Waals surface area contributed by atoms with Crippen LogP contribution in [0.1, 0.15) is 38.3 Å². The van der Waals surface area contributed by atoms with Gasteiger partial charge in [0.25, 0.3) is 0 Å². The SMILES string of the molecule is CCOC(=O)N[C@H]1CC[C@@H]2[C@@H](C1)C[C@@H]1CNS(=O)(=O)[C@@H]1[C@H]2/C=C/c1ccc(-c2cccc(F)c2)cn1. The molecule has 0 radical (unpaired) electrons. The number of hydrogen-bond donors (Lipinski definition) is 2. The summed E-state index contributed by atoms with van der Waals surface area (Å²) in [5.41, 5.74) is 2.31. The van der Waals surface area contributed by atoms with Crippen molar-refractivity contribution in [1.82, 2.24) is 15.0 Å². The first-order valence-corrected chi connectivity index (χ1v) is 14.2. The summed E-state index contributed by atoms with van der Waals surface area (Å²) in [6.07, 6.45) is 8.59. The van der Waals surface area contributed by atoms with Crippen molar-refractivity contribution in [3.63, 3.8) is 0 Å². The molecular formula is C27H32FN3O4S. The fourth-order valence-corrected chi connectivity index (χ4v) is 8.46. The zero-order valence-corrected chi connectivity index (χ0v) is 21.1. The lowest BCUT2D eigenvalue weighted by Crippen LogP contribution is -2.49. The highest BCUT2D eigenvalue weighted by atomic mass is 32.2. The number of carbonyl (C=O) groups excluding carboxylic acids is 1. The molecule has 192 valence electrons. The molecule has 1 aromatic heterocycles. The molecule has 2 heterocycles. The molecule has 6 atom stereocenters. The van der Waals surface area contributed by atoms with Gasteiger partial charge in [0.1, 0.15) is 5.82 Å². The molecule has 3 fully saturated rings. The van der Waals surface area contributed by atoms with Crippen molar-refractivity contribution < 1.29 is 22.3 Å². The van der Waals surface area contributed by atoms with Crippen LogP contribution in [0.15, 0.2) is 48.7 Å². The van der Waals surface area contributed by atoms with E-state index in [4.69, 9.17) is 4.74 Å². The largest absolute Gasteiger partial charge is 0.450 e. The summed E-state index contributed by atoms with van der Waals surface area (Å²) in [6, 6.07) is 10.2. The minimum Gasteiger partial charge on any atom is -0.450 e. The predicted octanol–water partition coefficient (Wildman–Crippen LogP) is 4.37. The third kappa shape index (κ3) is 5.18. The Labute approximate surface area is 211 Å². The molecule has 1 saturated heterocycles. The standard InChI is InChI=1S/C27H32FN3O4S/c1-2-35-27(32)31-23-9-10-24-19(14-23)12-20-16-30-36(33,34)26(20)25(24)11-8-22-7-6-18(15-29-22)17-4-3-5-21(28)13-17/h3-8,11,13,15,19-20,23-26,30H,2,9-10,12,14,16H2,1H3,(H,31,32)/b11-8+/t19-,20-,23+,24-,25+,26+/m1/s1. The highest BCUT2D eigenvalue weighted by Crippen LogP contribution is 2.50. The van der Waals surface area contributed by atoms with Gasteiger partial charge < -0.3 is 10.1 Å². The van der Waals surface area contributed by atoms with Gasteiger partial charge in [-0.15, -0.1) is 0 Å². The average molecular weight is 514 g/mol. The molecule has 9 heteroatoms. The highest BCUT2D eigenvalue weighted by molar-refractivity contribution is 7.90. The van der Waals surface area contributed by atoms with Crippen LogP contribution in [0.3, 0.4) is 0 Å². The van der Waals surface area contributed by atoms with Crippen LogP contribution in [0.4, 0.5) is 9.18 Å². The van der Waals surface area contributed by atoms with Crippen molar-refractivity contribution in [3.8, 4) is 11.1 Å². The Morgan fingerprint density at radius 3 is 2.81 bits per heavy atom. The molecule has 2 saturated carbocycles. The van der Waals surface area contributed by atoms with E-state index >= 15 is 0 Å². The van der Waals surface area contributed by atoms with Gasteiger partial charge in [0.2, 0.25) is 10.0 Å². The number of aromatic nitrogens is 1. The number of amides is 1. The lowest BCUT2D eigenvalue weighted by atomic mass is 9.61. The fourth-order valence-electron chi connectivity index (χ4n) is 6.40. The van der Waals surface area contributed by atoms with Crippen LogP contribution in [-0.2, 0) is 14.8 Å². The summed E-state index contributed by atoms with van der Waals surface area (Å²) in [7, 11) is -3.38. The zero-order valence-electron chi connectivity index (χ0n) is 20.3. The lowest BCUT2D eigenvalue weighted by Gasteiger charge is -2.47. The molecule has 2 N–H and O–H groups in total. The minimum absolute atomic E-state index is 0.0504. The van der Waals surface area contributed by atoms with Crippen LogP contribution >= 0.6 is 0 Å². The van der Waals surface area contributed by atoms with E-state index < -0.39 is 15.3 Å². The summed E-state index contributed by atoms with van der Waals surface area (Å²) < 4.78 is 47.3. The summed E-state index contributed by atoms with van der Waals surface area (Å²) in [5, 5.41) is 2.53. The number of halogens is 1. The van der Waals surface area contributed by atoms with Gasteiger partial charge in [-0.25, -0.2) is 22.3 Å². The van der Waals surface area contributed by atoms with Crippen molar-refractivity contribution in [3.05, 3.63) is 60.2 Å². The number of fused-ring (bicyclic) bond motifs is 2. The number of allylic oxidation sites excluding steroid dienone is 1. The maximum atomic E-state index is 13.6. The number of nitrogens with one attached hydrogen (secondary N) is 2. The number of carbonyl (C=O) groups is 1. The monoisotopic (exact) mass is 513 g/mol. The Morgan fingerprint density at radius 1 is 1.19 bits per heavy atom. The Morgan fingerprint density at radius 2 is 2.06 bits per heavy atom. The van der Waals surface area contributed by atoms with Gasteiger partial charge in [-0.05, 0) is 86.1 Å². The second-order valence-electron chi connectivity index (χ2n) is 10.1. The molecule has 0 spiro atoms. The number of alkyl carbamates (subject to hydrolysis) is 1. The molecule has 1 aliphatic heterocycles. The third-order valence-electron chi connectivity index (χ3n) is 7.92. The first-order valence-electron chi connectivity index (χ1n) is 12.7. The van der Waals surface area contributed by atoms with Crippen LogP contribution in [0.25, 0.3) is 17.2 Å². The molecule has 0 unspecified atom stereocenters. The van der Waals surface area contributed by atoms with Crippen LogP contribution in [0.2, 0.25) is 0 Å². The van der Waals surface area contributed by atoms with E-state index in [-0.39, 0.29) is 35.7 Å². The topological polar surface area (TPSA) is 97.4 Å². The molecule has 5 rings (SSSR count). The molecule has 1 aromatic carbocycles. The second-order valence-corrected chi connectivity index (χ2v) is 12.0. The zero-order chi connectivity index (χ0) is 25.3. The average Bonchev–Trinajstić information content (AvgIpc) is 3.16. The van der Waals surface area contributed by atoms with Gasteiger partial charge in [-0.3, -0.25) is 4.98 Å². The summed E-state index contributed by atoms with van der Waals surface area (Å²) in [6.45, 7) is 2.59. The van der Waals surface area contributed by atoms with Gasteiger partial charge in [-0.1, -0.05) is 24.3 Å². The van der Waals surface area contributed by atoms with Crippen molar-refractivity contribution in [2.75, 3.05) is 13.2 Å². The number of hydrogen-bond acceptors (Lipinski definition) is 5. The van der Waals surface area contributed by atoms with Crippen LogP contribution < -0.4 is 10.0 Å². The molecule has 0 bridgehead atoms. The maximum absolute atomic E-state index is 13.6. The molecule has 3 aliphatic rings. The number of rotatable bonds is 5. The quantitative estimate of drug-likeness (QED) is 0.619. The maximum Gasteiger partial charge on any atom is 0.407 e. The van der Waals surface area contributed by atoms with E-state index in [1.165, 1.54) is 12.1 Å². The number of benzene rings is 1. The molecule has 2 aromatic rings. The van der Waals surface area contributed by atoms with Gasteiger partial charge in [0.15, 0.2) is 0 Å². The van der Waals surface area contributed by atoms with E-state index in [1.807, 2.05) is 30.4 Å². The number of nitrogens with zero attached hydrogens (tertiary/aromatic N) is 1. The van der Waals surface area contributed by atoms with Gasteiger partial charge in [0, 0.05) is 24.3 Å². The van der Waals surface area contributed by atoms with Gasteiger partial charge >= 0.3 is 6.09 Å². The number of sulfonamides is 1. The van der Waals surface area contributed by atoms with Crippen molar-refractivity contribution in [2.45, 2.75) is 43.9 Å². The van der Waals surface area contributed by atoms with E-state index in [0.29, 0.717) is 19.1 Å². The minimum atomic E-state index is -3.38. The molecule has 7 nitrogen and oxygen atoms in total. The van der Waals surface area contributed by atoms with Crippen LogP contribution in [0, 0.1) is 29.5 Å². The van der Waals surface area contributed by atoms with Crippen molar-refractivity contribution in [2.24, 2.45) is 23.7 Å². The first-order chi connectivity index (χ1) is 17.3. The molecular weight excluding hydrogens is 481 g/mol. The van der Waals surface area contributed by atoms with E-state index in [1.54, 1.807) is 19.2 Å². The fraction of sp³-hybridized carbons (Fsp3) is 0.481. The Balaban J connectivity index is 1.35. The Kier molecular flexibility index (Phi) is 7.12. The number of ether oxygens (including phenoxy) is 1. The summed E-state index contributed by atoms with van der Waals surface area (Å²) >= 11 is 0. The van der Waals surface area contributed by atoms with Gasteiger partial charge in [0.05, 0.1) is 17.6 Å². The van der Waals surface area contributed by atoms with E-state index in [9.17, 15) is 17.6 Å². The third-order valence-corrected chi connectivity index (χ3v) is 9.91. The number of pyridine rings is 1. The molecule has 1 amide bonds. The van der Waals surface area contributed by atoms with E-state index in [2.05, 4.69) is 15.0 Å². The Bertz CT molecular complexity index is 1230. The summed E-state index contributed by atoms with van der Waals surface area (Å²) in [4.78, 5) is 16.5.